The minimum Gasteiger partial charge on any atom is -0.322 e. The molecule has 1 aromatic heterocycles. The Morgan fingerprint density at radius 1 is 1.26 bits per heavy atom. The lowest BCUT2D eigenvalue weighted by Crippen LogP contribution is -2.45. The molecule has 0 aliphatic heterocycles. The number of rotatable bonds is 6. The fourth-order valence-electron chi connectivity index (χ4n) is 2.54. The topological polar surface area (TPSA) is 69.8 Å². The largest absolute Gasteiger partial charge is 0.322 e. The summed E-state index contributed by atoms with van der Waals surface area (Å²) in [6.45, 7) is 10.5. The van der Waals surface area contributed by atoms with Gasteiger partial charge in [0.2, 0.25) is 5.91 Å². The smallest absolute Gasteiger partial charge is 0.238 e. The van der Waals surface area contributed by atoms with Crippen molar-refractivity contribution in [2.24, 2.45) is 0 Å². The molecule has 0 fully saturated rings. The molecule has 124 valence electrons. The molecule has 1 unspecified atom stereocenters. The number of carbonyl (C=O) groups is 1. The highest BCUT2D eigenvalue weighted by Gasteiger charge is 2.27. The van der Waals surface area contributed by atoms with Gasteiger partial charge >= 0.3 is 0 Å². The zero-order valence-electron chi connectivity index (χ0n) is 14.5. The minimum absolute atomic E-state index is 0.0617. The molecule has 0 aliphatic carbocycles. The summed E-state index contributed by atoms with van der Waals surface area (Å²) in [5, 5.41) is 13.2. The molecule has 2 rings (SSSR count). The van der Waals surface area contributed by atoms with Crippen molar-refractivity contribution in [2.75, 3.05) is 11.9 Å². The number of hydrogen-bond donors (Lipinski definition) is 3. The fourth-order valence-corrected chi connectivity index (χ4v) is 2.54. The van der Waals surface area contributed by atoms with Crippen molar-refractivity contribution in [3.8, 4) is 0 Å². The third kappa shape index (κ3) is 3.99. The maximum absolute atomic E-state index is 12.2. The molecule has 3 N–H and O–H groups in total. The van der Waals surface area contributed by atoms with Gasteiger partial charge in [-0.2, -0.15) is 5.10 Å². The fraction of sp³-hybridized carbons (Fsp3) is 0.444. The van der Waals surface area contributed by atoms with Gasteiger partial charge in [0.05, 0.1) is 23.6 Å². The summed E-state index contributed by atoms with van der Waals surface area (Å²) < 4.78 is 0. The maximum atomic E-state index is 12.2. The highest BCUT2D eigenvalue weighted by molar-refractivity contribution is 5.93. The van der Waals surface area contributed by atoms with Crippen LogP contribution in [0.25, 0.3) is 0 Å². The van der Waals surface area contributed by atoms with Crippen LogP contribution in [0, 0.1) is 13.8 Å². The van der Waals surface area contributed by atoms with Crippen LogP contribution < -0.4 is 10.6 Å². The Labute approximate surface area is 137 Å². The molecule has 2 aromatic rings. The number of carbonyl (C=O) groups excluding carboxylic acids is 1. The number of hydrogen-bond acceptors (Lipinski definition) is 3. The number of aryl methyl sites for hydroxylation is 2. The van der Waals surface area contributed by atoms with E-state index in [1.807, 2.05) is 32.0 Å². The molecule has 0 spiro atoms. The predicted molar refractivity (Wildman–Crippen MR) is 93.6 cm³/mol. The lowest BCUT2D eigenvalue weighted by molar-refractivity contribution is -0.115. The van der Waals surface area contributed by atoms with Crippen LogP contribution in [0.3, 0.4) is 0 Å². The van der Waals surface area contributed by atoms with Crippen molar-refractivity contribution in [1.82, 2.24) is 15.5 Å². The Kier molecular flexibility index (Phi) is 5.21. The zero-order chi connectivity index (χ0) is 17.0. The summed E-state index contributed by atoms with van der Waals surface area (Å²) in [5.74, 6) is -0.0617. The van der Waals surface area contributed by atoms with E-state index in [1.54, 1.807) is 0 Å². The Balaban J connectivity index is 1.93. The number of aromatic amines is 1. The van der Waals surface area contributed by atoms with Crippen molar-refractivity contribution >= 4 is 11.6 Å². The Morgan fingerprint density at radius 3 is 2.48 bits per heavy atom. The number of amides is 1. The average molecular weight is 314 g/mol. The van der Waals surface area contributed by atoms with Gasteiger partial charge in [0.1, 0.15) is 0 Å². The second-order valence-corrected chi connectivity index (χ2v) is 6.55. The SMILES string of the molecule is Cc1n[nH]c(C)c1NC(=O)CNC(C)C(C)(C)c1ccccc1. The number of anilines is 1. The second kappa shape index (κ2) is 6.96. The molecule has 0 saturated heterocycles. The molecule has 5 heteroatoms. The van der Waals surface area contributed by atoms with Gasteiger partial charge in [-0.05, 0) is 26.3 Å². The number of nitrogens with one attached hydrogen (secondary N) is 3. The van der Waals surface area contributed by atoms with E-state index in [0.717, 1.165) is 17.1 Å². The van der Waals surface area contributed by atoms with Gasteiger partial charge in [-0.1, -0.05) is 44.2 Å². The average Bonchev–Trinajstić information content (AvgIpc) is 2.85. The third-order valence-electron chi connectivity index (χ3n) is 4.56. The molecule has 1 heterocycles. The Morgan fingerprint density at radius 2 is 1.91 bits per heavy atom. The van der Waals surface area contributed by atoms with Crippen LogP contribution in [-0.4, -0.2) is 28.7 Å². The molecule has 1 aromatic carbocycles. The summed E-state index contributed by atoms with van der Waals surface area (Å²) in [5.41, 5.74) is 3.62. The van der Waals surface area contributed by atoms with Crippen LogP contribution in [0.5, 0.6) is 0 Å². The molecule has 1 atom stereocenters. The molecule has 1 amide bonds. The van der Waals surface area contributed by atoms with E-state index in [2.05, 4.69) is 53.7 Å². The van der Waals surface area contributed by atoms with Crippen LogP contribution in [0.15, 0.2) is 30.3 Å². The van der Waals surface area contributed by atoms with Crippen LogP contribution in [0.2, 0.25) is 0 Å². The first-order valence-corrected chi connectivity index (χ1v) is 7.92. The minimum atomic E-state index is -0.0665. The van der Waals surface area contributed by atoms with Crippen LogP contribution in [-0.2, 0) is 10.2 Å². The first-order valence-electron chi connectivity index (χ1n) is 7.92. The summed E-state index contributed by atoms with van der Waals surface area (Å²) in [6, 6.07) is 10.5. The van der Waals surface area contributed by atoms with Crippen LogP contribution in [0.1, 0.15) is 37.7 Å². The van der Waals surface area contributed by atoms with Gasteiger partial charge in [-0.15, -0.1) is 0 Å². The van der Waals surface area contributed by atoms with E-state index in [-0.39, 0.29) is 23.9 Å². The number of benzene rings is 1. The summed E-state index contributed by atoms with van der Waals surface area (Å²) >= 11 is 0. The molecule has 0 radical (unpaired) electrons. The Hall–Kier alpha value is -2.14. The third-order valence-corrected chi connectivity index (χ3v) is 4.56. The zero-order valence-corrected chi connectivity index (χ0v) is 14.5. The molecular formula is C18H26N4O. The van der Waals surface area contributed by atoms with Crippen molar-refractivity contribution in [3.63, 3.8) is 0 Å². The highest BCUT2D eigenvalue weighted by Crippen LogP contribution is 2.26. The van der Waals surface area contributed by atoms with E-state index in [9.17, 15) is 4.79 Å². The van der Waals surface area contributed by atoms with Gasteiger partial charge in [-0.25, -0.2) is 0 Å². The highest BCUT2D eigenvalue weighted by atomic mass is 16.1. The quantitative estimate of drug-likeness (QED) is 0.768. The number of nitrogens with zero attached hydrogens (tertiary/aromatic N) is 1. The second-order valence-electron chi connectivity index (χ2n) is 6.55. The van der Waals surface area contributed by atoms with E-state index >= 15 is 0 Å². The first kappa shape index (κ1) is 17.2. The summed E-state index contributed by atoms with van der Waals surface area (Å²) in [7, 11) is 0. The van der Waals surface area contributed by atoms with E-state index < -0.39 is 0 Å². The van der Waals surface area contributed by atoms with E-state index in [1.165, 1.54) is 5.56 Å². The van der Waals surface area contributed by atoms with Gasteiger partial charge in [0, 0.05) is 11.5 Å². The predicted octanol–water partition coefficient (Wildman–Crippen LogP) is 2.92. The van der Waals surface area contributed by atoms with Crippen LogP contribution >= 0.6 is 0 Å². The molecule has 0 aliphatic rings. The molecular weight excluding hydrogens is 288 g/mol. The lowest BCUT2D eigenvalue weighted by atomic mass is 9.78. The standard InChI is InChI=1S/C18H26N4O/c1-12-17(13(2)22-21-12)20-16(23)11-19-14(3)18(4,5)15-9-7-6-8-10-15/h6-10,14,19H,11H2,1-5H3,(H,20,23)(H,21,22). The van der Waals surface area contributed by atoms with Crippen molar-refractivity contribution in [2.45, 2.75) is 46.1 Å². The van der Waals surface area contributed by atoms with Crippen molar-refractivity contribution in [1.29, 1.82) is 0 Å². The summed E-state index contributed by atoms with van der Waals surface area (Å²) in [6.07, 6.45) is 0. The monoisotopic (exact) mass is 314 g/mol. The van der Waals surface area contributed by atoms with E-state index in [4.69, 9.17) is 0 Å². The Bertz CT molecular complexity index is 641. The van der Waals surface area contributed by atoms with Gasteiger partial charge in [0.25, 0.3) is 0 Å². The van der Waals surface area contributed by atoms with Crippen LogP contribution in [0.4, 0.5) is 5.69 Å². The maximum Gasteiger partial charge on any atom is 0.238 e. The molecule has 23 heavy (non-hydrogen) atoms. The summed E-state index contributed by atoms with van der Waals surface area (Å²) in [4.78, 5) is 12.2. The lowest BCUT2D eigenvalue weighted by Gasteiger charge is -2.33. The molecule has 5 nitrogen and oxygen atoms in total. The van der Waals surface area contributed by atoms with Crippen molar-refractivity contribution in [3.05, 3.63) is 47.3 Å². The number of aromatic nitrogens is 2. The molecule has 0 bridgehead atoms. The number of H-pyrrole nitrogens is 1. The van der Waals surface area contributed by atoms with E-state index in [0.29, 0.717) is 0 Å². The van der Waals surface area contributed by atoms with Gasteiger partial charge in [0.15, 0.2) is 0 Å². The van der Waals surface area contributed by atoms with Gasteiger partial charge in [-0.3, -0.25) is 9.89 Å². The van der Waals surface area contributed by atoms with Crippen molar-refractivity contribution < 1.29 is 4.79 Å². The van der Waals surface area contributed by atoms with Gasteiger partial charge < -0.3 is 10.6 Å². The normalized spacial score (nSPS) is 12.9. The first-order chi connectivity index (χ1) is 10.8. The molecule has 0 saturated carbocycles.